The number of carbonyl (C=O) groups excluding carboxylic acids is 1. The molecular weight excluding hydrogens is 275 g/mol. The number of nitrogens with zero attached hydrogens (tertiary/aromatic N) is 1. The average Bonchev–Trinajstić information content (AvgIpc) is 3.15. The number of H-pyrrole nitrogens is 2. The predicted octanol–water partition coefficient (Wildman–Crippen LogP) is 1.15. The Morgan fingerprint density at radius 1 is 1.43 bits per heavy atom. The van der Waals surface area contributed by atoms with Gasteiger partial charge in [-0.1, -0.05) is 18.2 Å². The molecule has 1 heterocycles. The zero-order chi connectivity index (χ0) is 15.0. The van der Waals surface area contributed by atoms with Crippen LogP contribution in [0.3, 0.4) is 0 Å². The fourth-order valence-electron chi connectivity index (χ4n) is 2.48. The summed E-state index contributed by atoms with van der Waals surface area (Å²) in [6, 6.07) is 5.87. The molecule has 1 fully saturated rings. The van der Waals surface area contributed by atoms with Crippen molar-refractivity contribution >= 4 is 5.91 Å². The van der Waals surface area contributed by atoms with E-state index in [2.05, 4.69) is 20.5 Å². The Morgan fingerprint density at radius 3 is 2.71 bits per heavy atom. The van der Waals surface area contributed by atoms with Crippen LogP contribution in [0.1, 0.15) is 37.2 Å². The first kappa shape index (κ1) is 13.5. The molecule has 1 amide bonds. The molecule has 1 aromatic carbocycles. The molecule has 0 spiro atoms. The molecule has 1 aliphatic rings. The van der Waals surface area contributed by atoms with Crippen molar-refractivity contribution in [1.29, 1.82) is 0 Å². The van der Waals surface area contributed by atoms with Crippen LogP contribution < -0.4 is 11.0 Å². The molecule has 1 atom stereocenters. The Bertz CT molecular complexity index is 732. The maximum atomic E-state index is 13.9. The van der Waals surface area contributed by atoms with Crippen LogP contribution in [0, 0.1) is 5.82 Å². The number of carbonyl (C=O) groups is 1. The highest BCUT2D eigenvalue weighted by Crippen LogP contribution is 2.49. The van der Waals surface area contributed by atoms with E-state index in [-0.39, 0.29) is 11.7 Å². The zero-order valence-electron chi connectivity index (χ0n) is 11.4. The van der Waals surface area contributed by atoms with Crippen molar-refractivity contribution < 1.29 is 9.18 Å². The smallest absolute Gasteiger partial charge is 0.340 e. The van der Waals surface area contributed by atoms with Crippen molar-refractivity contribution in [2.75, 3.05) is 0 Å². The van der Waals surface area contributed by atoms with E-state index in [1.165, 1.54) is 6.07 Å². The second-order valence-corrected chi connectivity index (χ2v) is 5.32. The van der Waals surface area contributed by atoms with Gasteiger partial charge in [-0.25, -0.2) is 14.3 Å². The Morgan fingerprint density at radius 2 is 2.14 bits per heavy atom. The van der Waals surface area contributed by atoms with E-state index in [1.54, 1.807) is 25.1 Å². The highest BCUT2D eigenvalue weighted by atomic mass is 19.1. The summed E-state index contributed by atoms with van der Waals surface area (Å²) in [5, 5.41) is 8.80. The summed E-state index contributed by atoms with van der Waals surface area (Å²) >= 11 is 0. The minimum Gasteiger partial charge on any atom is -0.346 e. The monoisotopic (exact) mass is 290 g/mol. The van der Waals surface area contributed by atoms with Crippen LogP contribution in [-0.2, 0) is 10.2 Å². The molecule has 21 heavy (non-hydrogen) atoms. The lowest BCUT2D eigenvalue weighted by molar-refractivity contribution is -0.124. The standard InChI is InChI=1S/C14H15FN4O2/c1-8(11-17-13(21)19-18-11)16-12(20)14(6-7-14)9-4-2-3-5-10(9)15/h2-5,8H,6-7H2,1H3,(H,16,20)(H2,17,18,19,21)/t8-/m1/s1. The van der Waals surface area contributed by atoms with Gasteiger partial charge in [0.05, 0.1) is 11.5 Å². The number of nitrogens with one attached hydrogen (secondary N) is 3. The topological polar surface area (TPSA) is 90.6 Å². The first-order valence-corrected chi connectivity index (χ1v) is 6.73. The number of hydrogen-bond acceptors (Lipinski definition) is 3. The van der Waals surface area contributed by atoms with E-state index in [4.69, 9.17) is 0 Å². The molecule has 0 bridgehead atoms. The van der Waals surface area contributed by atoms with Crippen LogP contribution in [0.15, 0.2) is 29.1 Å². The summed E-state index contributed by atoms with van der Waals surface area (Å²) in [6.07, 6.45) is 1.23. The Labute approximate surface area is 119 Å². The first-order chi connectivity index (χ1) is 10.0. The van der Waals surface area contributed by atoms with Crippen molar-refractivity contribution in [3.8, 4) is 0 Å². The largest absolute Gasteiger partial charge is 0.346 e. The van der Waals surface area contributed by atoms with Crippen molar-refractivity contribution in [2.45, 2.75) is 31.2 Å². The third-order valence-electron chi connectivity index (χ3n) is 3.85. The summed E-state index contributed by atoms with van der Waals surface area (Å²) in [5.41, 5.74) is -0.803. The van der Waals surface area contributed by atoms with Gasteiger partial charge in [0.25, 0.3) is 0 Å². The summed E-state index contributed by atoms with van der Waals surface area (Å²) in [6.45, 7) is 1.71. The van der Waals surface area contributed by atoms with Crippen LogP contribution in [0.25, 0.3) is 0 Å². The minimum absolute atomic E-state index is 0.246. The van der Waals surface area contributed by atoms with Gasteiger partial charge in [-0.05, 0) is 25.8 Å². The van der Waals surface area contributed by atoms with Crippen LogP contribution in [0.4, 0.5) is 4.39 Å². The van der Waals surface area contributed by atoms with Crippen LogP contribution in [0.5, 0.6) is 0 Å². The third kappa shape index (κ3) is 2.35. The molecule has 0 saturated heterocycles. The molecule has 6 nitrogen and oxygen atoms in total. The highest BCUT2D eigenvalue weighted by Gasteiger charge is 2.52. The van der Waals surface area contributed by atoms with E-state index in [1.807, 2.05) is 0 Å². The van der Waals surface area contributed by atoms with E-state index in [0.717, 1.165) is 0 Å². The SMILES string of the molecule is C[C@@H](NC(=O)C1(c2ccccc2F)CC1)c1n[nH]c(=O)[nH]1. The lowest BCUT2D eigenvalue weighted by Crippen LogP contribution is -2.37. The first-order valence-electron chi connectivity index (χ1n) is 6.73. The van der Waals surface area contributed by atoms with Crippen LogP contribution in [0.2, 0.25) is 0 Å². The molecule has 1 saturated carbocycles. The van der Waals surface area contributed by atoms with Crippen molar-refractivity contribution in [3.63, 3.8) is 0 Å². The van der Waals surface area contributed by atoms with Gasteiger partial charge in [-0.3, -0.25) is 9.78 Å². The van der Waals surface area contributed by atoms with E-state index in [0.29, 0.717) is 24.2 Å². The molecular formula is C14H15FN4O2. The fraction of sp³-hybridized carbons (Fsp3) is 0.357. The third-order valence-corrected chi connectivity index (χ3v) is 3.85. The van der Waals surface area contributed by atoms with Gasteiger partial charge in [0.15, 0.2) is 5.82 Å². The summed E-state index contributed by atoms with van der Waals surface area (Å²) < 4.78 is 13.9. The number of rotatable bonds is 4. The Hall–Kier alpha value is -2.44. The van der Waals surface area contributed by atoms with Gasteiger partial charge in [0.2, 0.25) is 5.91 Å². The number of aromatic amines is 2. The average molecular weight is 290 g/mol. The van der Waals surface area contributed by atoms with E-state index >= 15 is 0 Å². The van der Waals surface area contributed by atoms with Crippen LogP contribution >= 0.6 is 0 Å². The molecule has 3 N–H and O–H groups in total. The molecule has 3 rings (SSSR count). The van der Waals surface area contributed by atoms with Gasteiger partial charge >= 0.3 is 5.69 Å². The number of hydrogen-bond donors (Lipinski definition) is 3. The molecule has 1 aromatic heterocycles. The molecule has 110 valence electrons. The number of aromatic nitrogens is 3. The molecule has 0 aliphatic heterocycles. The lowest BCUT2D eigenvalue weighted by atomic mass is 9.94. The summed E-state index contributed by atoms with van der Waals surface area (Å²) in [4.78, 5) is 26.0. The van der Waals surface area contributed by atoms with Gasteiger partial charge in [-0.2, -0.15) is 5.10 Å². The zero-order valence-corrected chi connectivity index (χ0v) is 11.4. The van der Waals surface area contributed by atoms with E-state index in [9.17, 15) is 14.0 Å². The van der Waals surface area contributed by atoms with Gasteiger partial charge in [0, 0.05) is 5.56 Å². The quantitative estimate of drug-likeness (QED) is 0.788. The molecule has 0 radical (unpaired) electrons. The van der Waals surface area contributed by atoms with Crippen molar-refractivity contribution in [1.82, 2.24) is 20.5 Å². The summed E-state index contributed by atoms with van der Waals surface area (Å²) in [7, 11) is 0. The van der Waals surface area contributed by atoms with Crippen molar-refractivity contribution in [2.24, 2.45) is 0 Å². The fourth-order valence-corrected chi connectivity index (χ4v) is 2.48. The molecule has 0 unspecified atom stereocenters. The maximum absolute atomic E-state index is 13.9. The lowest BCUT2D eigenvalue weighted by Gasteiger charge is -2.19. The molecule has 7 heteroatoms. The van der Waals surface area contributed by atoms with E-state index < -0.39 is 17.1 Å². The van der Waals surface area contributed by atoms with Crippen LogP contribution in [-0.4, -0.2) is 21.1 Å². The van der Waals surface area contributed by atoms with Gasteiger partial charge < -0.3 is 5.32 Å². The summed E-state index contributed by atoms with van der Waals surface area (Å²) in [5.74, 6) is -0.271. The number of halogens is 1. The maximum Gasteiger partial charge on any atom is 0.340 e. The Balaban J connectivity index is 1.79. The highest BCUT2D eigenvalue weighted by molar-refractivity contribution is 5.91. The Kier molecular flexibility index (Phi) is 3.12. The number of benzene rings is 1. The second-order valence-electron chi connectivity index (χ2n) is 5.32. The van der Waals surface area contributed by atoms with Gasteiger partial charge in [-0.15, -0.1) is 0 Å². The molecule has 2 aromatic rings. The predicted molar refractivity (Wildman–Crippen MR) is 73.1 cm³/mol. The second kappa shape index (κ2) is 4.83. The number of amides is 1. The van der Waals surface area contributed by atoms with Crippen molar-refractivity contribution in [3.05, 3.63) is 52.0 Å². The normalized spacial score (nSPS) is 17.2. The van der Waals surface area contributed by atoms with Gasteiger partial charge in [0.1, 0.15) is 5.82 Å². The minimum atomic E-state index is -0.795. The molecule has 1 aliphatic carbocycles.